The number of hydrogen-bond donors (Lipinski definition) is 0. The summed E-state index contributed by atoms with van der Waals surface area (Å²) < 4.78 is 68.7. The zero-order valence-electron chi connectivity index (χ0n) is 14.3. The number of aromatic nitrogens is 4. The largest absolute Gasteiger partial charge is 0.486 e. The van der Waals surface area contributed by atoms with Crippen LogP contribution < -0.4 is 4.74 Å². The van der Waals surface area contributed by atoms with Crippen molar-refractivity contribution >= 4 is 29.2 Å². The highest BCUT2D eigenvalue weighted by molar-refractivity contribution is 8.00. The van der Waals surface area contributed by atoms with Crippen molar-refractivity contribution in [1.29, 1.82) is 0 Å². The average Bonchev–Trinajstić information content (AvgIpc) is 3.02. The molecule has 0 unspecified atom stereocenters. The van der Waals surface area contributed by atoms with E-state index in [1.165, 1.54) is 34.8 Å². The van der Waals surface area contributed by atoms with Crippen molar-refractivity contribution in [2.24, 2.45) is 0 Å². The highest BCUT2D eigenvalue weighted by atomic mass is 32.2. The molecule has 0 atom stereocenters. The molecule has 0 aliphatic heterocycles. The van der Waals surface area contributed by atoms with Crippen molar-refractivity contribution < 1.29 is 26.7 Å². The molecule has 0 saturated carbocycles. The van der Waals surface area contributed by atoms with Crippen LogP contribution in [0.2, 0.25) is 0 Å². The number of ether oxygens (including phenoxy) is 1. The van der Waals surface area contributed by atoms with Gasteiger partial charge in [0.2, 0.25) is 0 Å². The molecule has 0 bridgehead atoms. The van der Waals surface area contributed by atoms with Gasteiger partial charge in [-0.05, 0) is 11.8 Å². The molecule has 0 aliphatic rings. The zero-order chi connectivity index (χ0) is 20.3. The third-order valence-corrected chi connectivity index (χ3v) is 4.86. The fourth-order valence-electron chi connectivity index (χ4n) is 2.29. The number of alkyl halides is 5. The first-order valence-electron chi connectivity index (χ1n) is 7.90. The molecule has 0 N–H and O–H groups in total. The van der Waals surface area contributed by atoms with Gasteiger partial charge in [0.1, 0.15) is 40.7 Å². The molecule has 3 rings (SSSR count). The van der Waals surface area contributed by atoms with Gasteiger partial charge in [-0.2, -0.15) is 13.2 Å². The molecule has 0 amide bonds. The summed E-state index contributed by atoms with van der Waals surface area (Å²) in [7, 11) is 0. The van der Waals surface area contributed by atoms with Gasteiger partial charge < -0.3 is 4.74 Å². The van der Waals surface area contributed by atoms with Crippen LogP contribution in [-0.2, 0) is 0 Å². The van der Waals surface area contributed by atoms with E-state index in [1.807, 2.05) is 6.92 Å². The van der Waals surface area contributed by atoms with Crippen LogP contribution in [0.5, 0.6) is 5.75 Å². The fourth-order valence-corrected chi connectivity index (χ4v) is 3.59. The molecule has 3 aromatic rings. The summed E-state index contributed by atoms with van der Waals surface area (Å²) in [5.74, 6) is 0.892. The zero-order valence-corrected chi connectivity index (χ0v) is 15.9. The molecule has 0 spiro atoms. The maximum atomic E-state index is 12.5. The van der Waals surface area contributed by atoms with E-state index in [0.717, 1.165) is 0 Å². The molecule has 150 valence electrons. The first-order valence-corrected chi connectivity index (χ1v) is 9.70. The van der Waals surface area contributed by atoms with E-state index in [2.05, 4.69) is 15.0 Å². The number of fused-ring (bicyclic) bond motifs is 1. The van der Waals surface area contributed by atoms with E-state index in [4.69, 9.17) is 4.74 Å². The molecular formula is C16H13F5N4OS2. The van der Waals surface area contributed by atoms with Crippen molar-refractivity contribution in [3.05, 3.63) is 30.9 Å². The molecule has 0 aromatic carbocycles. The number of imidazole rings is 1. The first kappa shape index (κ1) is 20.6. The minimum atomic E-state index is -4.44. The minimum absolute atomic E-state index is 0.203. The Hall–Kier alpha value is -2.08. The molecule has 5 nitrogen and oxygen atoms in total. The Morgan fingerprint density at radius 2 is 2.00 bits per heavy atom. The molecule has 28 heavy (non-hydrogen) atoms. The molecule has 3 aromatic heterocycles. The summed E-state index contributed by atoms with van der Waals surface area (Å²) >= 11 is 1.10. The predicted octanol–water partition coefficient (Wildman–Crippen LogP) is 5.16. The predicted molar refractivity (Wildman–Crippen MR) is 96.0 cm³/mol. The van der Waals surface area contributed by atoms with Crippen molar-refractivity contribution in [2.45, 2.75) is 28.8 Å². The lowest BCUT2D eigenvalue weighted by molar-refractivity contribution is -0.0329. The molecule has 0 fully saturated rings. The molecule has 3 heterocycles. The van der Waals surface area contributed by atoms with E-state index >= 15 is 0 Å². The number of thioether (sulfide) groups is 2. The Labute approximate surface area is 164 Å². The molecule has 0 radical (unpaired) electrons. The van der Waals surface area contributed by atoms with Gasteiger partial charge in [-0.1, -0.05) is 6.92 Å². The van der Waals surface area contributed by atoms with Gasteiger partial charge in [0.05, 0.1) is 6.20 Å². The number of nitrogens with zero attached hydrogens (tertiary/aromatic N) is 4. The third-order valence-electron chi connectivity index (χ3n) is 3.29. The van der Waals surface area contributed by atoms with Crippen LogP contribution in [0.15, 0.2) is 40.8 Å². The Balaban J connectivity index is 1.94. The SMILES string of the molecule is CCSc1cc(OCC(F)F)cnc1-c1cn2cnc(SC(F)(F)F)cc2n1. The number of hydrogen-bond acceptors (Lipinski definition) is 6. The first-order chi connectivity index (χ1) is 13.2. The Kier molecular flexibility index (Phi) is 6.28. The van der Waals surface area contributed by atoms with Crippen molar-refractivity contribution in [2.75, 3.05) is 12.4 Å². The summed E-state index contributed by atoms with van der Waals surface area (Å²) in [6.45, 7) is 1.17. The second-order valence-corrected chi connectivity index (χ2v) is 7.71. The number of halogens is 5. The second kappa shape index (κ2) is 8.52. The van der Waals surface area contributed by atoms with Crippen LogP contribution in [0.4, 0.5) is 22.0 Å². The number of rotatable bonds is 7. The topological polar surface area (TPSA) is 52.3 Å². The molecule has 0 aliphatic carbocycles. The quantitative estimate of drug-likeness (QED) is 0.290. The van der Waals surface area contributed by atoms with Gasteiger partial charge in [0.25, 0.3) is 6.43 Å². The van der Waals surface area contributed by atoms with E-state index in [1.54, 1.807) is 12.3 Å². The van der Waals surface area contributed by atoms with E-state index < -0.39 is 18.5 Å². The molecule has 0 saturated heterocycles. The summed E-state index contributed by atoms with van der Waals surface area (Å²) in [6.07, 6.45) is 1.54. The highest BCUT2D eigenvalue weighted by Crippen LogP contribution is 2.36. The maximum Gasteiger partial charge on any atom is 0.447 e. The third kappa shape index (κ3) is 5.25. The summed E-state index contributed by atoms with van der Waals surface area (Å²) in [6, 6.07) is 2.82. The van der Waals surface area contributed by atoms with Crippen LogP contribution in [0.25, 0.3) is 17.0 Å². The second-order valence-electron chi connectivity index (χ2n) is 5.32. The summed E-state index contributed by atoms with van der Waals surface area (Å²) in [5.41, 5.74) is -3.26. The van der Waals surface area contributed by atoms with Crippen LogP contribution in [-0.4, -0.2) is 43.6 Å². The fraction of sp³-hybridized carbons (Fsp3) is 0.312. The lowest BCUT2D eigenvalue weighted by Crippen LogP contribution is -2.07. The van der Waals surface area contributed by atoms with Crippen molar-refractivity contribution in [3.63, 3.8) is 0 Å². The van der Waals surface area contributed by atoms with Crippen LogP contribution in [0.3, 0.4) is 0 Å². The van der Waals surface area contributed by atoms with Gasteiger partial charge in [-0.25, -0.2) is 23.7 Å². The lowest BCUT2D eigenvalue weighted by atomic mass is 10.3. The van der Waals surface area contributed by atoms with Crippen molar-refractivity contribution in [3.8, 4) is 17.1 Å². The number of pyridine rings is 1. The van der Waals surface area contributed by atoms with Gasteiger partial charge in [0.15, 0.2) is 0 Å². The van der Waals surface area contributed by atoms with E-state index in [9.17, 15) is 22.0 Å². The van der Waals surface area contributed by atoms with Crippen LogP contribution >= 0.6 is 23.5 Å². The lowest BCUT2D eigenvalue weighted by Gasteiger charge is -2.09. The smallest absolute Gasteiger partial charge is 0.447 e. The van der Waals surface area contributed by atoms with Gasteiger partial charge >= 0.3 is 5.51 Å². The van der Waals surface area contributed by atoms with Gasteiger partial charge in [-0.15, -0.1) is 11.8 Å². The Bertz CT molecular complexity index is 964. The van der Waals surface area contributed by atoms with Gasteiger partial charge in [-0.3, -0.25) is 4.40 Å². The average molecular weight is 436 g/mol. The Morgan fingerprint density at radius 1 is 1.21 bits per heavy atom. The summed E-state index contributed by atoms with van der Waals surface area (Å²) in [5, 5.41) is -0.219. The van der Waals surface area contributed by atoms with Crippen LogP contribution in [0.1, 0.15) is 6.92 Å². The standard InChI is InChI=1S/C16H13F5N4OS2/c1-2-27-11-3-9(26-7-12(17)18)5-22-15(11)10-6-25-8-23-14(4-13(25)24-10)28-16(19,20)21/h3-6,8,12H,2,7H2,1H3. The minimum Gasteiger partial charge on any atom is -0.486 e. The normalized spacial score (nSPS) is 12.1. The Morgan fingerprint density at radius 3 is 2.68 bits per heavy atom. The summed E-state index contributed by atoms with van der Waals surface area (Å²) in [4.78, 5) is 13.0. The molecule has 12 heteroatoms. The van der Waals surface area contributed by atoms with Gasteiger partial charge in [0, 0.05) is 28.9 Å². The molecular weight excluding hydrogens is 423 g/mol. The van der Waals surface area contributed by atoms with Crippen LogP contribution in [0, 0.1) is 0 Å². The maximum absolute atomic E-state index is 12.5. The highest BCUT2D eigenvalue weighted by Gasteiger charge is 2.30. The van der Waals surface area contributed by atoms with E-state index in [-0.39, 0.29) is 28.2 Å². The van der Waals surface area contributed by atoms with E-state index in [0.29, 0.717) is 22.0 Å². The van der Waals surface area contributed by atoms with Crippen molar-refractivity contribution in [1.82, 2.24) is 19.4 Å². The monoisotopic (exact) mass is 436 g/mol.